The van der Waals surface area contributed by atoms with E-state index in [0.29, 0.717) is 0 Å². The molecule has 3 aromatic heterocycles. The van der Waals surface area contributed by atoms with Crippen LogP contribution in [0.2, 0.25) is 0 Å². The summed E-state index contributed by atoms with van der Waals surface area (Å²) in [5.74, 6) is 0. The summed E-state index contributed by atoms with van der Waals surface area (Å²) in [6, 6.07) is 8.79. The lowest BCUT2D eigenvalue weighted by Crippen LogP contribution is -2.12. The van der Waals surface area contributed by atoms with Gasteiger partial charge in [0.15, 0.2) is 0 Å². The lowest BCUT2D eigenvalue weighted by molar-refractivity contribution is 0.799. The molecule has 0 saturated carbocycles. The average molecular weight is 287 g/mol. The van der Waals surface area contributed by atoms with Crippen LogP contribution >= 0.6 is 22.7 Å². The second-order valence-corrected chi connectivity index (χ2v) is 6.13. The van der Waals surface area contributed by atoms with Crippen molar-refractivity contribution in [1.29, 1.82) is 0 Å². The molecule has 3 heterocycles. The average Bonchev–Trinajstić information content (AvgIpc) is 3.12. The number of thiophene rings is 2. The Labute approximate surface area is 120 Å². The summed E-state index contributed by atoms with van der Waals surface area (Å²) in [7, 11) is 0. The number of rotatable bonds is 5. The van der Waals surface area contributed by atoms with E-state index in [1.807, 2.05) is 12.4 Å². The van der Waals surface area contributed by atoms with E-state index in [1.165, 1.54) is 9.75 Å². The summed E-state index contributed by atoms with van der Waals surface area (Å²) in [4.78, 5) is 10.8. The maximum atomic E-state index is 4.05. The summed E-state index contributed by atoms with van der Waals surface area (Å²) in [6.45, 7) is 0. The Kier molecular flexibility index (Phi) is 3.86. The van der Waals surface area contributed by atoms with Crippen molar-refractivity contribution in [2.45, 2.75) is 12.5 Å². The SMILES string of the molecule is c1csc(CC(Nc2cncnc2)c2cccs2)c1. The molecule has 3 aromatic rings. The number of aromatic nitrogens is 2. The van der Waals surface area contributed by atoms with Gasteiger partial charge in [-0.15, -0.1) is 22.7 Å². The molecular weight excluding hydrogens is 274 g/mol. The van der Waals surface area contributed by atoms with E-state index in [1.54, 1.807) is 29.0 Å². The van der Waals surface area contributed by atoms with Crippen molar-refractivity contribution < 1.29 is 0 Å². The number of anilines is 1. The number of nitrogens with one attached hydrogen (secondary N) is 1. The Hall–Kier alpha value is -1.72. The molecule has 0 aromatic carbocycles. The summed E-state index contributed by atoms with van der Waals surface area (Å²) in [5.41, 5.74) is 0.956. The minimum atomic E-state index is 0.268. The number of nitrogens with zero attached hydrogens (tertiary/aromatic N) is 2. The molecule has 96 valence electrons. The molecular formula is C14H13N3S2. The van der Waals surface area contributed by atoms with Gasteiger partial charge in [0.1, 0.15) is 6.33 Å². The van der Waals surface area contributed by atoms with Gasteiger partial charge in [-0.1, -0.05) is 12.1 Å². The smallest absolute Gasteiger partial charge is 0.115 e. The first-order valence-corrected chi connectivity index (χ1v) is 7.75. The molecule has 3 rings (SSSR count). The van der Waals surface area contributed by atoms with Crippen LogP contribution in [0, 0.1) is 0 Å². The monoisotopic (exact) mass is 287 g/mol. The van der Waals surface area contributed by atoms with Crippen LogP contribution in [-0.2, 0) is 6.42 Å². The molecule has 0 bridgehead atoms. The van der Waals surface area contributed by atoms with Gasteiger partial charge in [0, 0.05) is 16.2 Å². The Morgan fingerprint density at radius 2 is 1.84 bits per heavy atom. The van der Waals surface area contributed by atoms with Crippen molar-refractivity contribution in [2.75, 3.05) is 5.32 Å². The maximum Gasteiger partial charge on any atom is 0.115 e. The third-order valence-electron chi connectivity index (χ3n) is 2.77. The van der Waals surface area contributed by atoms with Crippen molar-refractivity contribution in [3.05, 3.63) is 63.5 Å². The molecule has 1 N–H and O–H groups in total. The van der Waals surface area contributed by atoms with Gasteiger partial charge >= 0.3 is 0 Å². The normalized spacial score (nSPS) is 12.2. The predicted molar refractivity (Wildman–Crippen MR) is 80.7 cm³/mol. The second-order valence-electron chi connectivity index (χ2n) is 4.12. The van der Waals surface area contributed by atoms with Gasteiger partial charge in [-0.3, -0.25) is 0 Å². The Balaban J connectivity index is 1.80. The molecule has 0 radical (unpaired) electrons. The lowest BCUT2D eigenvalue weighted by atomic mass is 10.1. The molecule has 0 saturated heterocycles. The van der Waals surface area contributed by atoms with Crippen LogP contribution in [0.1, 0.15) is 15.8 Å². The molecule has 1 atom stereocenters. The second kappa shape index (κ2) is 5.95. The quantitative estimate of drug-likeness (QED) is 0.771. The zero-order chi connectivity index (χ0) is 12.9. The van der Waals surface area contributed by atoms with Crippen LogP contribution in [-0.4, -0.2) is 9.97 Å². The van der Waals surface area contributed by atoms with Gasteiger partial charge in [0.05, 0.1) is 24.1 Å². The van der Waals surface area contributed by atoms with Gasteiger partial charge in [-0.2, -0.15) is 0 Å². The third-order valence-corrected chi connectivity index (χ3v) is 4.66. The van der Waals surface area contributed by atoms with Crippen molar-refractivity contribution in [2.24, 2.45) is 0 Å². The zero-order valence-electron chi connectivity index (χ0n) is 10.2. The van der Waals surface area contributed by atoms with E-state index in [0.717, 1.165) is 12.1 Å². The van der Waals surface area contributed by atoms with Crippen LogP contribution in [0.5, 0.6) is 0 Å². The first-order valence-electron chi connectivity index (χ1n) is 5.99. The van der Waals surface area contributed by atoms with Gasteiger partial charge in [-0.25, -0.2) is 9.97 Å². The van der Waals surface area contributed by atoms with Crippen molar-refractivity contribution in [3.63, 3.8) is 0 Å². The standard InChI is InChI=1S/C14H13N3S2/c1-3-12(18-5-1)7-13(14-4-2-6-19-14)17-11-8-15-10-16-9-11/h1-6,8-10,13,17H,7H2. The summed E-state index contributed by atoms with van der Waals surface area (Å²) in [5, 5.41) is 7.74. The van der Waals surface area contributed by atoms with Crippen LogP contribution < -0.4 is 5.32 Å². The van der Waals surface area contributed by atoms with Gasteiger partial charge in [-0.05, 0) is 22.9 Å². The topological polar surface area (TPSA) is 37.8 Å². The van der Waals surface area contributed by atoms with Crippen molar-refractivity contribution in [1.82, 2.24) is 9.97 Å². The summed E-state index contributed by atoms with van der Waals surface area (Å²) < 4.78 is 0. The highest BCUT2D eigenvalue weighted by molar-refractivity contribution is 7.10. The van der Waals surface area contributed by atoms with E-state index in [4.69, 9.17) is 0 Å². The molecule has 0 aliphatic carbocycles. The predicted octanol–water partition coefficient (Wildman–Crippen LogP) is 4.00. The van der Waals surface area contributed by atoms with Crippen LogP contribution in [0.4, 0.5) is 5.69 Å². The first kappa shape index (κ1) is 12.3. The minimum absolute atomic E-state index is 0.268. The fraction of sp³-hybridized carbons (Fsp3) is 0.143. The fourth-order valence-electron chi connectivity index (χ4n) is 1.92. The molecule has 5 heteroatoms. The molecule has 1 unspecified atom stereocenters. The van der Waals surface area contributed by atoms with Crippen LogP contribution in [0.3, 0.4) is 0 Å². The Morgan fingerprint density at radius 3 is 2.53 bits per heavy atom. The molecule has 0 spiro atoms. The Morgan fingerprint density at radius 1 is 1.05 bits per heavy atom. The minimum Gasteiger partial charge on any atom is -0.375 e. The van der Waals surface area contributed by atoms with Gasteiger partial charge < -0.3 is 5.32 Å². The summed E-state index contributed by atoms with van der Waals surface area (Å²) in [6.07, 6.45) is 6.14. The molecule has 0 aliphatic rings. The Bertz CT molecular complexity index is 591. The van der Waals surface area contributed by atoms with E-state index in [-0.39, 0.29) is 6.04 Å². The van der Waals surface area contributed by atoms with Gasteiger partial charge in [0.2, 0.25) is 0 Å². The lowest BCUT2D eigenvalue weighted by Gasteiger charge is -2.17. The maximum absolute atomic E-state index is 4.05. The largest absolute Gasteiger partial charge is 0.375 e. The molecule has 0 amide bonds. The molecule has 3 nitrogen and oxygen atoms in total. The van der Waals surface area contributed by atoms with E-state index in [9.17, 15) is 0 Å². The number of hydrogen-bond donors (Lipinski definition) is 1. The van der Waals surface area contributed by atoms with Crippen molar-refractivity contribution >= 4 is 28.4 Å². The van der Waals surface area contributed by atoms with Crippen LogP contribution in [0.15, 0.2) is 53.7 Å². The molecule has 0 fully saturated rings. The highest BCUT2D eigenvalue weighted by Gasteiger charge is 2.14. The fourth-order valence-corrected chi connectivity index (χ4v) is 3.45. The van der Waals surface area contributed by atoms with E-state index >= 15 is 0 Å². The van der Waals surface area contributed by atoms with E-state index < -0.39 is 0 Å². The third kappa shape index (κ3) is 3.19. The molecule has 19 heavy (non-hydrogen) atoms. The van der Waals surface area contributed by atoms with Crippen molar-refractivity contribution in [3.8, 4) is 0 Å². The van der Waals surface area contributed by atoms with E-state index in [2.05, 4.69) is 50.3 Å². The zero-order valence-corrected chi connectivity index (χ0v) is 11.8. The number of hydrogen-bond acceptors (Lipinski definition) is 5. The highest BCUT2D eigenvalue weighted by Crippen LogP contribution is 2.27. The summed E-state index contributed by atoms with van der Waals surface area (Å²) >= 11 is 3.57. The van der Waals surface area contributed by atoms with Crippen LogP contribution in [0.25, 0.3) is 0 Å². The van der Waals surface area contributed by atoms with Gasteiger partial charge in [0.25, 0.3) is 0 Å². The molecule has 0 aliphatic heterocycles. The first-order chi connectivity index (χ1) is 9.42. The highest BCUT2D eigenvalue weighted by atomic mass is 32.1.